The second kappa shape index (κ2) is 5.29. The number of nitrogens with zero attached hydrogens (tertiary/aromatic N) is 2. The van der Waals surface area contributed by atoms with E-state index in [0.717, 1.165) is 25.1 Å². The molecule has 3 aliphatic heterocycles. The van der Waals surface area contributed by atoms with Gasteiger partial charge < -0.3 is 10.2 Å². The molecule has 2 atom stereocenters. The Hall–Kier alpha value is -1.44. The van der Waals surface area contributed by atoms with Gasteiger partial charge in [-0.25, -0.2) is 8.42 Å². The van der Waals surface area contributed by atoms with E-state index in [2.05, 4.69) is 17.3 Å². The van der Waals surface area contributed by atoms with Gasteiger partial charge in [-0.05, 0) is 43.0 Å². The van der Waals surface area contributed by atoms with Gasteiger partial charge in [-0.1, -0.05) is 6.07 Å². The van der Waals surface area contributed by atoms with Crippen molar-refractivity contribution >= 4 is 15.9 Å². The predicted octanol–water partition coefficient (Wildman–Crippen LogP) is 0.155. The summed E-state index contributed by atoms with van der Waals surface area (Å²) in [6.45, 7) is 3.70. The molecule has 0 aromatic heterocycles. The lowest BCUT2D eigenvalue weighted by Crippen LogP contribution is -2.34. The van der Waals surface area contributed by atoms with Crippen LogP contribution < -0.4 is 5.32 Å². The maximum atomic E-state index is 12.9. The van der Waals surface area contributed by atoms with Crippen LogP contribution in [-0.4, -0.2) is 63.3 Å². The summed E-state index contributed by atoms with van der Waals surface area (Å²) in [6.07, 6.45) is 0.752. The average molecular weight is 335 g/mol. The van der Waals surface area contributed by atoms with Crippen molar-refractivity contribution in [2.24, 2.45) is 11.8 Å². The third-order valence-electron chi connectivity index (χ3n) is 5.28. The summed E-state index contributed by atoms with van der Waals surface area (Å²) in [7, 11) is -1.44. The van der Waals surface area contributed by atoms with Crippen molar-refractivity contribution < 1.29 is 13.2 Å². The van der Waals surface area contributed by atoms with Gasteiger partial charge in [0.25, 0.3) is 5.91 Å². The van der Waals surface area contributed by atoms with E-state index in [4.69, 9.17) is 0 Å². The molecule has 1 amide bonds. The minimum absolute atomic E-state index is 0.178. The Morgan fingerprint density at radius 1 is 1.13 bits per heavy atom. The molecule has 1 aromatic rings. The number of benzene rings is 1. The van der Waals surface area contributed by atoms with Crippen LogP contribution in [0.15, 0.2) is 23.1 Å². The standard InChI is InChI=1S/C16H21N3O3S/c1-18-7-12-9-19(10-13(12)8-18)23(21,22)14-3-2-11-4-5-17-16(20)15(11)6-14/h2-3,6,12-13H,4-5,7-10H2,1H3,(H,17,20)/t12-,13+. The lowest BCUT2D eigenvalue weighted by molar-refractivity contribution is 0.0945. The third-order valence-corrected chi connectivity index (χ3v) is 7.11. The Bertz CT molecular complexity index is 748. The molecule has 23 heavy (non-hydrogen) atoms. The zero-order chi connectivity index (χ0) is 16.2. The van der Waals surface area contributed by atoms with E-state index in [9.17, 15) is 13.2 Å². The van der Waals surface area contributed by atoms with Crippen LogP contribution in [0, 0.1) is 11.8 Å². The van der Waals surface area contributed by atoms with Gasteiger partial charge in [-0.15, -0.1) is 0 Å². The van der Waals surface area contributed by atoms with Crippen LogP contribution in [0.4, 0.5) is 0 Å². The topological polar surface area (TPSA) is 69.7 Å². The maximum absolute atomic E-state index is 12.9. The highest BCUT2D eigenvalue weighted by molar-refractivity contribution is 7.89. The predicted molar refractivity (Wildman–Crippen MR) is 85.7 cm³/mol. The molecule has 6 nitrogen and oxygen atoms in total. The monoisotopic (exact) mass is 335 g/mol. The Labute approximate surface area is 136 Å². The highest BCUT2D eigenvalue weighted by atomic mass is 32.2. The number of rotatable bonds is 2. The summed E-state index contributed by atoms with van der Waals surface area (Å²) in [4.78, 5) is 14.5. The second-order valence-electron chi connectivity index (χ2n) is 6.89. The molecule has 0 aliphatic carbocycles. The van der Waals surface area contributed by atoms with Gasteiger partial charge in [0.05, 0.1) is 4.90 Å². The molecule has 0 unspecified atom stereocenters. The number of hydrogen-bond acceptors (Lipinski definition) is 4. The minimum Gasteiger partial charge on any atom is -0.352 e. The molecule has 0 saturated carbocycles. The van der Waals surface area contributed by atoms with Crippen LogP contribution in [0.1, 0.15) is 15.9 Å². The Kier molecular flexibility index (Phi) is 3.48. The van der Waals surface area contributed by atoms with Crippen LogP contribution in [0.3, 0.4) is 0 Å². The fourth-order valence-corrected chi connectivity index (χ4v) is 5.66. The number of likely N-dealkylation sites (tertiary alicyclic amines) is 1. The quantitative estimate of drug-likeness (QED) is 0.836. The van der Waals surface area contributed by atoms with Gasteiger partial charge in [0, 0.05) is 38.3 Å². The van der Waals surface area contributed by atoms with E-state index in [1.165, 1.54) is 0 Å². The van der Waals surface area contributed by atoms with Gasteiger partial charge >= 0.3 is 0 Å². The maximum Gasteiger partial charge on any atom is 0.251 e. The number of amides is 1. The molecule has 1 aromatic carbocycles. The zero-order valence-corrected chi connectivity index (χ0v) is 14.0. The molecule has 0 spiro atoms. The first-order valence-corrected chi connectivity index (χ1v) is 9.49. The summed E-state index contributed by atoms with van der Waals surface area (Å²) < 4.78 is 27.4. The molecule has 0 radical (unpaired) electrons. The lowest BCUT2D eigenvalue weighted by atomic mass is 10.0. The SMILES string of the molecule is CN1C[C@@H]2CN(S(=O)(=O)c3ccc4c(c3)C(=O)NCC4)C[C@@H]2C1. The van der Waals surface area contributed by atoms with Crippen LogP contribution >= 0.6 is 0 Å². The van der Waals surface area contributed by atoms with Crippen molar-refractivity contribution in [3.63, 3.8) is 0 Å². The Balaban J connectivity index is 1.63. The van der Waals surface area contributed by atoms with E-state index in [0.29, 0.717) is 37.0 Å². The number of carbonyl (C=O) groups excluding carboxylic acids is 1. The fourth-order valence-electron chi connectivity index (χ4n) is 4.08. The summed E-state index contributed by atoms with van der Waals surface area (Å²) in [6, 6.07) is 4.97. The fraction of sp³-hybridized carbons (Fsp3) is 0.562. The molecule has 2 fully saturated rings. The third kappa shape index (κ3) is 2.47. The van der Waals surface area contributed by atoms with E-state index in [1.54, 1.807) is 22.5 Å². The van der Waals surface area contributed by atoms with E-state index < -0.39 is 10.0 Å². The van der Waals surface area contributed by atoms with Crippen molar-refractivity contribution in [1.82, 2.24) is 14.5 Å². The van der Waals surface area contributed by atoms with Crippen LogP contribution in [-0.2, 0) is 16.4 Å². The lowest BCUT2D eigenvalue weighted by Gasteiger charge is -2.21. The highest BCUT2D eigenvalue weighted by Crippen LogP contribution is 2.34. The molecule has 3 aliphatic rings. The van der Waals surface area contributed by atoms with Crippen LogP contribution in [0.2, 0.25) is 0 Å². The molecular weight excluding hydrogens is 314 g/mol. The number of carbonyl (C=O) groups is 1. The largest absolute Gasteiger partial charge is 0.352 e. The molecule has 7 heteroatoms. The summed E-state index contributed by atoms with van der Waals surface area (Å²) in [5.74, 6) is 0.676. The molecule has 3 heterocycles. The van der Waals surface area contributed by atoms with Crippen molar-refractivity contribution in [2.75, 3.05) is 39.8 Å². The normalized spacial score (nSPS) is 28.5. The zero-order valence-electron chi connectivity index (χ0n) is 13.2. The van der Waals surface area contributed by atoms with Crippen molar-refractivity contribution in [3.8, 4) is 0 Å². The summed E-state index contributed by atoms with van der Waals surface area (Å²) in [5.41, 5.74) is 1.42. The molecule has 2 saturated heterocycles. The highest BCUT2D eigenvalue weighted by Gasteiger charge is 2.43. The average Bonchev–Trinajstić information content (AvgIpc) is 3.05. The number of fused-ring (bicyclic) bond motifs is 2. The Morgan fingerprint density at radius 3 is 2.52 bits per heavy atom. The van der Waals surface area contributed by atoms with Crippen molar-refractivity contribution in [1.29, 1.82) is 0 Å². The first kappa shape index (κ1) is 15.1. The molecule has 0 bridgehead atoms. The Morgan fingerprint density at radius 2 is 1.83 bits per heavy atom. The van der Waals surface area contributed by atoms with Gasteiger partial charge in [0.15, 0.2) is 0 Å². The van der Waals surface area contributed by atoms with Gasteiger partial charge in [-0.3, -0.25) is 4.79 Å². The van der Waals surface area contributed by atoms with Gasteiger partial charge in [0.1, 0.15) is 0 Å². The van der Waals surface area contributed by atoms with Crippen LogP contribution in [0.5, 0.6) is 0 Å². The minimum atomic E-state index is -3.52. The smallest absolute Gasteiger partial charge is 0.251 e. The number of nitrogens with one attached hydrogen (secondary N) is 1. The van der Waals surface area contributed by atoms with Crippen molar-refractivity contribution in [3.05, 3.63) is 29.3 Å². The molecule has 4 rings (SSSR count). The van der Waals surface area contributed by atoms with Gasteiger partial charge in [-0.2, -0.15) is 4.31 Å². The number of hydrogen-bond donors (Lipinski definition) is 1. The van der Waals surface area contributed by atoms with E-state index >= 15 is 0 Å². The summed E-state index contributed by atoms with van der Waals surface area (Å²) in [5, 5.41) is 2.77. The second-order valence-corrected chi connectivity index (χ2v) is 8.83. The van der Waals surface area contributed by atoms with Crippen LogP contribution in [0.25, 0.3) is 0 Å². The summed E-state index contributed by atoms with van der Waals surface area (Å²) >= 11 is 0. The van der Waals surface area contributed by atoms with Gasteiger partial charge in [0.2, 0.25) is 10.0 Å². The van der Waals surface area contributed by atoms with Crippen molar-refractivity contribution in [2.45, 2.75) is 11.3 Å². The molecule has 1 N–H and O–H groups in total. The first-order chi connectivity index (χ1) is 10.9. The van der Waals surface area contributed by atoms with E-state index in [-0.39, 0.29) is 10.8 Å². The molecule has 124 valence electrons. The first-order valence-electron chi connectivity index (χ1n) is 8.05. The number of sulfonamides is 1. The molecular formula is C16H21N3O3S. The van der Waals surface area contributed by atoms with E-state index in [1.807, 2.05) is 0 Å².